The molecule has 1 aliphatic rings. The Morgan fingerprint density at radius 1 is 1.08 bits per heavy atom. The molecule has 0 fully saturated rings. The van der Waals surface area contributed by atoms with Gasteiger partial charge in [-0.25, -0.2) is 4.79 Å². The Bertz CT molecular complexity index is 857. The predicted octanol–water partition coefficient (Wildman–Crippen LogP) is 2.11. The fourth-order valence-corrected chi connectivity index (χ4v) is 2.91. The summed E-state index contributed by atoms with van der Waals surface area (Å²) in [4.78, 5) is 10.7. The molecule has 2 aromatic carbocycles. The lowest BCUT2D eigenvalue weighted by Crippen LogP contribution is -2.13. The molecule has 0 spiro atoms. The van der Waals surface area contributed by atoms with Gasteiger partial charge in [-0.15, -0.1) is 0 Å². The van der Waals surface area contributed by atoms with Gasteiger partial charge in [-0.1, -0.05) is 6.07 Å². The molecule has 130 valence electrons. The number of rotatable bonds is 4. The van der Waals surface area contributed by atoms with Crippen molar-refractivity contribution in [3.63, 3.8) is 0 Å². The minimum absolute atomic E-state index is 0.175. The number of phenols is 3. The highest BCUT2D eigenvalue weighted by molar-refractivity contribution is 5.85. The van der Waals surface area contributed by atoms with E-state index in [1.165, 1.54) is 24.3 Å². The Morgan fingerprint density at radius 2 is 1.84 bits per heavy atom. The molecule has 0 saturated heterocycles. The van der Waals surface area contributed by atoms with Gasteiger partial charge in [-0.3, -0.25) is 0 Å². The average molecular weight is 344 g/mol. The van der Waals surface area contributed by atoms with Crippen molar-refractivity contribution in [3.05, 3.63) is 53.1 Å². The molecule has 1 aliphatic heterocycles. The van der Waals surface area contributed by atoms with Crippen LogP contribution in [0.3, 0.4) is 0 Å². The third-order valence-electron chi connectivity index (χ3n) is 4.07. The third kappa shape index (κ3) is 3.09. The maximum atomic E-state index is 10.7. The maximum Gasteiger partial charge on any atom is 0.328 e. The summed E-state index contributed by atoms with van der Waals surface area (Å²) in [6, 6.07) is 7.19. The highest BCUT2D eigenvalue weighted by Crippen LogP contribution is 2.51. The van der Waals surface area contributed by atoms with Gasteiger partial charge >= 0.3 is 5.97 Å². The molecule has 3 rings (SSSR count). The van der Waals surface area contributed by atoms with Crippen molar-refractivity contribution in [1.82, 2.24) is 0 Å². The van der Waals surface area contributed by atoms with Crippen LogP contribution in [-0.4, -0.2) is 38.1 Å². The summed E-state index contributed by atoms with van der Waals surface area (Å²) in [7, 11) is 0. The van der Waals surface area contributed by atoms with Crippen LogP contribution in [-0.2, 0) is 4.79 Å². The fraction of sp³-hybridized carbons (Fsp3) is 0.167. The van der Waals surface area contributed by atoms with E-state index in [1.807, 2.05) is 0 Å². The summed E-state index contributed by atoms with van der Waals surface area (Å²) in [6.07, 6.45) is 1.60. The van der Waals surface area contributed by atoms with Crippen LogP contribution in [0.5, 0.6) is 23.0 Å². The van der Waals surface area contributed by atoms with Gasteiger partial charge in [0.25, 0.3) is 0 Å². The van der Waals surface area contributed by atoms with Crippen LogP contribution in [0.1, 0.15) is 28.7 Å². The Morgan fingerprint density at radius 3 is 2.48 bits per heavy atom. The first-order valence-corrected chi connectivity index (χ1v) is 7.48. The lowest BCUT2D eigenvalue weighted by molar-refractivity contribution is -0.131. The van der Waals surface area contributed by atoms with Crippen molar-refractivity contribution in [2.24, 2.45) is 0 Å². The molecule has 5 N–H and O–H groups in total. The van der Waals surface area contributed by atoms with Gasteiger partial charge in [0.2, 0.25) is 0 Å². The number of aliphatic carboxylic acids is 1. The minimum atomic E-state index is -1.12. The van der Waals surface area contributed by atoms with Crippen molar-refractivity contribution in [2.45, 2.75) is 12.0 Å². The molecule has 0 saturated carbocycles. The third-order valence-corrected chi connectivity index (χ3v) is 4.07. The average Bonchev–Trinajstić information content (AvgIpc) is 2.94. The van der Waals surface area contributed by atoms with Crippen LogP contribution in [0.2, 0.25) is 0 Å². The number of benzene rings is 2. The van der Waals surface area contributed by atoms with E-state index in [4.69, 9.17) is 9.84 Å². The van der Waals surface area contributed by atoms with E-state index in [0.717, 1.165) is 6.08 Å². The van der Waals surface area contributed by atoms with E-state index in [9.17, 15) is 25.2 Å². The standard InChI is InChI=1S/C18H16O7/c19-8-12-11-5-9(1-4-16(23)24)6-15(22)18(11)25-17(12)10-2-3-13(20)14(21)7-10/h1-7,12,17,19-22H,8H2,(H,23,24)/b4-1+/t12-,17+/m0/s1. The molecule has 1 heterocycles. The molecule has 0 bridgehead atoms. The largest absolute Gasteiger partial charge is 0.504 e. The van der Waals surface area contributed by atoms with Gasteiger partial charge in [0, 0.05) is 11.6 Å². The van der Waals surface area contributed by atoms with E-state index >= 15 is 0 Å². The van der Waals surface area contributed by atoms with Crippen LogP contribution < -0.4 is 4.74 Å². The highest BCUT2D eigenvalue weighted by atomic mass is 16.5. The Hall–Kier alpha value is -3.19. The van der Waals surface area contributed by atoms with E-state index in [2.05, 4.69) is 0 Å². The van der Waals surface area contributed by atoms with E-state index in [0.29, 0.717) is 16.7 Å². The number of aliphatic hydroxyl groups excluding tert-OH is 1. The monoisotopic (exact) mass is 344 g/mol. The summed E-state index contributed by atoms with van der Waals surface area (Å²) in [5.74, 6) is -2.21. The molecule has 2 atom stereocenters. The Kier molecular flexibility index (Phi) is 4.24. The first kappa shape index (κ1) is 16.7. The molecular formula is C18H16O7. The number of ether oxygens (including phenoxy) is 1. The quantitative estimate of drug-likeness (QED) is 0.424. The van der Waals surface area contributed by atoms with Crippen LogP contribution in [0.4, 0.5) is 0 Å². The second-order valence-electron chi connectivity index (χ2n) is 5.71. The van der Waals surface area contributed by atoms with Crippen molar-refractivity contribution < 1.29 is 35.1 Å². The van der Waals surface area contributed by atoms with Crippen molar-refractivity contribution in [3.8, 4) is 23.0 Å². The zero-order valence-corrected chi connectivity index (χ0v) is 13.0. The second-order valence-corrected chi connectivity index (χ2v) is 5.71. The topological polar surface area (TPSA) is 127 Å². The lowest BCUT2D eigenvalue weighted by Gasteiger charge is -2.18. The number of aromatic hydroxyl groups is 3. The van der Waals surface area contributed by atoms with Crippen molar-refractivity contribution >= 4 is 12.0 Å². The van der Waals surface area contributed by atoms with Gasteiger partial charge in [0.05, 0.1) is 12.5 Å². The second kappa shape index (κ2) is 6.37. The molecule has 2 aromatic rings. The van der Waals surface area contributed by atoms with Crippen LogP contribution in [0.25, 0.3) is 6.08 Å². The van der Waals surface area contributed by atoms with Gasteiger partial charge in [-0.05, 0) is 41.5 Å². The molecule has 0 amide bonds. The van der Waals surface area contributed by atoms with Gasteiger partial charge in [0.1, 0.15) is 6.10 Å². The number of carboxylic acid groups (broad SMARTS) is 1. The fourth-order valence-electron chi connectivity index (χ4n) is 2.91. The molecule has 0 unspecified atom stereocenters. The number of carboxylic acids is 1. The number of hydrogen-bond acceptors (Lipinski definition) is 6. The van der Waals surface area contributed by atoms with Gasteiger partial charge < -0.3 is 30.3 Å². The molecule has 7 heteroatoms. The van der Waals surface area contributed by atoms with Crippen molar-refractivity contribution in [1.29, 1.82) is 0 Å². The highest BCUT2D eigenvalue weighted by Gasteiger charge is 2.37. The molecule has 0 aromatic heterocycles. The summed E-state index contributed by atoms with van der Waals surface area (Å²) in [5.41, 5.74) is 1.51. The first-order chi connectivity index (χ1) is 11.9. The number of aliphatic hydroxyl groups is 1. The number of fused-ring (bicyclic) bond motifs is 1. The predicted molar refractivity (Wildman–Crippen MR) is 87.7 cm³/mol. The van der Waals surface area contributed by atoms with Crippen molar-refractivity contribution in [2.75, 3.05) is 6.61 Å². The van der Waals surface area contributed by atoms with Crippen LogP contribution >= 0.6 is 0 Å². The van der Waals surface area contributed by atoms with Gasteiger partial charge in [0.15, 0.2) is 23.0 Å². The summed E-state index contributed by atoms with van der Waals surface area (Å²) in [6.45, 7) is -0.287. The Balaban J connectivity index is 2.01. The van der Waals surface area contributed by atoms with Crippen LogP contribution in [0.15, 0.2) is 36.4 Å². The maximum absolute atomic E-state index is 10.7. The van der Waals surface area contributed by atoms with E-state index < -0.39 is 18.0 Å². The molecule has 0 radical (unpaired) electrons. The summed E-state index contributed by atoms with van der Waals surface area (Å²) < 4.78 is 5.76. The van der Waals surface area contributed by atoms with Crippen LogP contribution in [0, 0.1) is 0 Å². The zero-order chi connectivity index (χ0) is 18.1. The van der Waals surface area contributed by atoms with Gasteiger partial charge in [-0.2, -0.15) is 0 Å². The molecule has 7 nitrogen and oxygen atoms in total. The Labute approximate surface area is 142 Å². The zero-order valence-electron chi connectivity index (χ0n) is 13.0. The normalized spacial score (nSPS) is 18.9. The number of hydrogen-bond donors (Lipinski definition) is 5. The summed E-state index contributed by atoms with van der Waals surface area (Å²) in [5, 5.41) is 47.8. The van der Waals surface area contributed by atoms with E-state index in [1.54, 1.807) is 12.1 Å². The van der Waals surface area contributed by atoms with E-state index in [-0.39, 0.29) is 29.6 Å². The summed E-state index contributed by atoms with van der Waals surface area (Å²) >= 11 is 0. The molecule has 25 heavy (non-hydrogen) atoms. The number of carbonyl (C=O) groups is 1. The lowest BCUT2D eigenvalue weighted by atomic mass is 9.90. The molecule has 0 aliphatic carbocycles. The SMILES string of the molecule is O=C(O)/C=C/c1cc(O)c2c(c1)[C@H](CO)[C@@H](c1ccc(O)c(O)c1)O2. The smallest absolute Gasteiger partial charge is 0.328 e. The number of phenolic OH excluding ortho intramolecular Hbond substituents is 3. The first-order valence-electron chi connectivity index (χ1n) is 7.48. The minimum Gasteiger partial charge on any atom is -0.504 e. The molecular weight excluding hydrogens is 328 g/mol.